The quantitative estimate of drug-likeness (QED) is 0.861. The van der Waals surface area contributed by atoms with E-state index in [0.29, 0.717) is 6.61 Å². The van der Waals surface area contributed by atoms with Crippen LogP contribution in [0.4, 0.5) is 10.1 Å². The second-order valence-corrected chi connectivity index (χ2v) is 6.04. The monoisotopic (exact) mass is 323 g/mol. The van der Waals surface area contributed by atoms with Gasteiger partial charge in [0, 0.05) is 45.0 Å². The highest BCUT2D eigenvalue weighted by Gasteiger charge is 2.26. The minimum atomic E-state index is -0.220. The number of carbonyl (C=O) groups excluding carboxylic acids is 1. The van der Waals surface area contributed by atoms with E-state index in [1.807, 2.05) is 13.8 Å². The fourth-order valence-electron chi connectivity index (χ4n) is 2.84. The molecular weight excluding hydrogens is 297 g/mol. The fourth-order valence-corrected chi connectivity index (χ4v) is 2.84. The van der Waals surface area contributed by atoms with Crippen molar-refractivity contribution >= 4 is 11.6 Å². The molecule has 1 aromatic carbocycles. The van der Waals surface area contributed by atoms with E-state index in [4.69, 9.17) is 4.74 Å². The van der Waals surface area contributed by atoms with Crippen LogP contribution in [0.3, 0.4) is 0 Å². The number of amides is 1. The minimum Gasteiger partial charge on any atom is -0.383 e. The average molecular weight is 323 g/mol. The number of anilines is 1. The molecule has 0 radical (unpaired) electrons. The number of hydrogen-bond donors (Lipinski definition) is 1. The van der Waals surface area contributed by atoms with Gasteiger partial charge in [0.15, 0.2) is 0 Å². The van der Waals surface area contributed by atoms with Gasteiger partial charge < -0.3 is 15.0 Å². The molecule has 5 nitrogen and oxygen atoms in total. The Balaban J connectivity index is 1.83. The molecule has 1 N–H and O–H groups in total. The summed E-state index contributed by atoms with van der Waals surface area (Å²) in [5.41, 5.74) is 1.02. The van der Waals surface area contributed by atoms with Crippen LogP contribution in [0, 0.1) is 5.82 Å². The van der Waals surface area contributed by atoms with Crippen molar-refractivity contribution in [1.82, 2.24) is 10.2 Å². The molecule has 0 aromatic heterocycles. The Labute approximate surface area is 137 Å². The van der Waals surface area contributed by atoms with Gasteiger partial charge >= 0.3 is 0 Å². The number of benzene rings is 1. The lowest BCUT2D eigenvalue weighted by molar-refractivity contribution is -0.127. The van der Waals surface area contributed by atoms with Crippen molar-refractivity contribution in [1.29, 1.82) is 0 Å². The predicted octanol–water partition coefficient (Wildman–Crippen LogP) is 1.49. The molecule has 1 fully saturated rings. The molecule has 1 aliphatic rings. The Hall–Kier alpha value is -1.66. The van der Waals surface area contributed by atoms with Gasteiger partial charge in [0.05, 0.1) is 12.6 Å². The summed E-state index contributed by atoms with van der Waals surface area (Å²) in [4.78, 5) is 16.6. The first kappa shape index (κ1) is 17.7. The zero-order chi connectivity index (χ0) is 16.8. The number of carbonyl (C=O) groups is 1. The first-order chi connectivity index (χ1) is 11.0. The summed E-state index contributed by atoms with van der Waals surface area (Å²) >= 11 is 0. The van der Waals surface area contributed by atoms with Gasteiger partial charge in [-0.3, -0.25) is 9.69 Å². The van der Waals surface area contributed by atoms with E-state index in [2.05, 4.69) is 15.1 Å². The van der Waals surface area contributed by atoms with Gasteiger partial charge in [0.1, 0.15) is 5.82 Å². The van der Waals surface area contributed by atoms with E-state index < -0.39 is 0 Å². The van der Waals surface area contributed by atoms with E-state index >= 15 is 0 Å². The van der Waals surface area contributed by atoms with Crippen molar-refractivity contribution in [2.75, 3.05) is 44.8 Å². The molecular formula is C17H26FN3O2. The Morgan fingerprint density at radius 3 is 2.39 bits per heavy atom. The van der Waals surface area contributed by atoms with Crippen LogP contribution in [0.15, 0.2) is 24.3 Å². The van der Waals surface area contributed by atoms with Crippen LogP contribution in [0.2, 0.25) is 0 Å². The van der Waals surface area contributed by atoms with Gasteiger partial charge in [-0.25, -0.2) is 4.39 Å². The van der Waals surface area contributed by atoms with E-state index in [1.54, 1.807) is 19.2 Å². The lowest BCUT2D eigenvalue weighted by Crippen LogP contribution is -2.55. The molecule has 0 unspecified atom stereocenters. The molecule has 128 valence electrons. The van der Waals surface area contributed by atoms with Crippen LogP contribution >= 0.6 is 0 Å². The highest BCUT2D eigenvalue weighted by molar-refractivity contribution is 5.81. The number of hydrogen-bond acceptors (Lipinski definition) is 4. The summed E-state index contributed by atoms with van der Waals surface area (Å²) in [6.07, 6.45) is 0. The van der Waals surface area contributed by atoms with Gasteiger partial charge in [-0.2, -0.15) is 0 Å². The second kappa shape index (κ2) is 8.26. The summed E-state index contributed by atoms with van der Waals surface area (Å²) < 4.78 is 18.0. The molecule has 6 heteroatoms. The maximum atomic E-state index is 13.0. The second-order valence-electron chi connectivity index (χ2n) is 6.04. The number of halogens is 1. The topological polar surface area (TPSA) is 44.8 Å². The predicted molar refractivity (Wildman–Crippen MR) is 89.1 cm³/mol. The maximum Gasteiger partial charge on any atom is 0.237 e. The maximum absolute atomic E-state index is 13.0. The number of rotatable bonds is 6. The molecule has 0 saturated carbocycles. The lowest BCUT2D eigenvalue weighted by Gasteiger charge is -2.38. The van der Waals surface area contributed by atoms with Gasteiger partial charge in [-0.05, 0) is 38.1 Å². The van der Waals surface area contributed by atoms with Crippen molar-refractivity contribution in [2.45, 2.75) is 25.9 Å². The van der Waals surface area contributed by atoms with Crippen LogP contribution in [0.25, 0.3) is 0 Å². The minimum absolute atomic E-state index is 0.00968. The zero-order valence-corrected chi connectivity index (χ0v) is 14.1. The smallest absolute Gasteiger partial charge is 0.237 e. The summed E-state index contributed by atoms with van der Waals surface area (Å²) in [5.74, 6) is -0.187. The van der Waals surface area contributed by atoms with Crippen LogP contribution in [0.1, 0.15) is 13.8 Å². The number of piperazine rings is 1. The Bertz CT molecular complexity index is 501. The van der Waals surface area contributed by atoms with E-state index in [1.165, 1.54) is 12.1 Å². The van der Waals surface area contributed by atoms with Crippen molar-refractivity contribution in [3.63, 3.8) is 0 Å². The Morgan fingerprint density at radius 1 is 1.22 bits per heavy atom. The number of nitrogens with zero attached hydrogens (tertiary/aromatic N) is 2. The molecule has 0 spiro atoms. The largest absolute Gasteiger partial charge is 0.383 e. The Kier molecular flexibility index (Phi) is 6.36. The molecule has 1 aromatic rings. The molecule has 2 atom stereocenters. The summed E-state index contributed by atoms with van der Waals surface area (Å²) in [5, 5.41) is 2.97. The summed E-state index contributed by atoms with van der Waals surface area (Å²) in [6, 6.07) is 6.41. The van der Waals surface area contributed by atoms with Crippen molar-refractivity contribution < 1.29 is 13.9 Å². The fraction of sp³-hybridized carbons (Fsp3) is 0.588. The van der Waals surface area contributed by atoms with Gasteiger partial charge in [0.2, 0.25) is 5.91 Å². The molecule has 1 aliphatic heterocycles. The lowest BCUT2D eigenvalue weighted by atomic mass is 10.2. The third-order valence-corrected chi connectivity index (χ3v) is 4.24. The van der Waals surface area contributed by atoms with E-state index in [-0.39, 0.29) is 23.8 Å². The third-order valence-electron chi connectivity index (χ3n) is 4.24. The average Bonchev–Trinajstić information content (AvgIpc) is 2.55. The molecule has 23 heavy (non-hydrogen) atoms. The third kappa shape index (κ3) is 4.91. The van der Waals surface area contributed by atoms with Crippen molar-refractivity contribution in [3.8, 4) is 0 Å². The number of methoxy groups -OCH3 is 1. The normalized spacial score (nSPS) is 18.5. The number of ether oxygens (including phenoxy) is 1. The standard InChI is InChI=1S/C17H26FN3O2/c1-13(12-23-3)19-17(22)14(2)20-8-10-21(11-9-20)16-6-4-15(18)5-7-16/h4-7,13-14H,8-12H2,1-3H3,(H,19,22)/t13-,14+/m1/s1. The molecule has 0 aliphatic carbocycles. The van der Waals surface area contributed by atoms with Gasteiger partial charge in [-0.15, -0.1) is 0 Å². The van der Waals surface area contributed by atoms with Crippen molar-refractivity contribution in [3.05, 3.63) is 30.1 Å². The van der Waals surface area contributed by atoms with Gasteiger partial charge in [-0.1, -0.05) is 0 Å². The Morgan fingerprint density at radius 2 is 1.83 bits per heavy atom. The van der Waals surface area contributed by atoms with Crippen LogP contribution in [-0.4, -0.2) is 62.8 Å². The summed E-state index contributed by atoms with van der Waals surface area (Å²) in [7, 11) is 1.63. The summed E-state index contributed by atoms with van der Waals surface area (Å²) in [6.45, 7) is 7.66. The van der Waals surface area contributed by atoms with Crippen LogP contribution < -0.4 is 10.2 Å². The number of nitrogens with one attached hydrogen (secondary N) is 1. The molecule has 0 bridgehead atoms. The van der Waals surface area contributed by atoms with E-state index in [9.17, 15) is 9.18 Å². The highest BCUT2D eigenvalue weighted by atomic mass is 19.1. The highest BCUT2D eigenvalue weighted by Crippen LogP contribution is 2.17. The molecule has 2 rings (SSSR count). The van der Waals surface area contributed by atoms with Crippen molar-refractivity contribution in [2.24, 2.45) is 0 Å². The van der Waals surface area contributed by atoms with E-state index in [0.717, 1.165) is 31.9 Å². The zero-order valence-electron chi connectivity index (χ0n) is 14.1. The first-order valence-electron chi connectivity index (χ1n) is 8.05. The molecule has 1 amide bonds. The molecule has 1 heterocycles. The van der Waals surface area contributed by atoms with Crippen LogP contribution in [-0.2, 0) is 9.53 Å². The van der Waals surface area contributed by atoms with Crippen LogP contribution in [0.5, 0.6) is 0 Å². The van der Waals surface area contributed by atoms with Gasteiger partial charge in [0.25, 0.3) is 0 Å². The SMILES string of the molecule is COC[C@@H](C)NC(=O)[C@H](C)N1CCN(c2ccc(F)cc2)CC1. The molecule has 1 saturated heterocycles. The first-order valence-corrected chi connectivity index (χ1v) is 8.05.